The zero-order valence-corrected chi connectivity index (χ0v) is 10.6. The maximum absolute atomic E-state index is 13.5. The summed E-state index contributed by atoms with van der Waals surface area (Å²) in [6, 6.07) is 3.07. The molecule has 0 unspecified atom stereocenters. The van der Waals surface area contributed by atoms with Gasteiger partial charge in [0.15, 0.2) is 0 Å². The summed E-state index contributed by atoms with van der Waals surface area (Å²) in [5, 5.41) is 0. The van der Waals surface area contributed by atoms with Crippen molar-refractivity contribution in [3.05, 3.63) is 29.1 Å². The summed E-state index contributed by atoms with van der Waals surface area (Å²) in [6.07, 6.45) is 4.83. The van der Waals surface area contributed by atoms with Gasteiger partial charge in [-0.3, -0.25) is 0 Å². The molecule has 0 atom stereocenters. The van der Waals surface area contributed by atoms with Crippen molar-refractivity contribution >= 4 is 0 Å². The van der Waals surface area contributed by atoms with E-state index in [1.165, 1.54) is 6.07 Å². The second-order valence-electron chi connectivity index (χ2n) is 4.96. The number of aryl methyl sites for hydroxylation is 1. The van der Waals surface area contributed by atoms with Crippen LogP contribution in [0.4, 0.5) is 4.39 Å². The van der Waals surface area contributed by atoms with Gasteiger partial charge in [0.1, 0.15) is 11.6 Å². The lowest BCUT2D eigenvalue weighted by Crippen LogP contribution is -2.22. The first-order valence-corrected chi connectivity index (χ1v) is 6.22. The number of methoxy groups -OCH3 is 1. The Morgan fingerprint density at radius 3 is 2.65 bits per heavy atom. The van der Waals surface area contributed by atoms with Gasteiger partial charge in [-0.15, -0.1) is 0 Å². The van der Waals surface area contributed by atoms with Crippen molar-refractivity contribution in [3.63, 3.8) is 0 Å². The smallest absolute Gasteiger partial charge is 0.127 e. The number of ether oxygens (including phenoxy) is 1. The fraction of sp³-hybridized carbons (Fsp3) is 0.571. The molecule has 0 amide bonds. The molecular formula is C14H20FNO. The van der Waals surface area contributed by atoms with Gasteiger partial charge < -0.3 is 10.5 Å². The maximum Gasteiger partial charge on any atom is 0.127 e. The van der Waals surface area contributed by atoms with E-state index >= 15 is 0 Å². The Morgan fingerprint density at radius 1 is 1.41 bits per heavy atom. The third-order valence-corrected chi connectivity index (χ3v) is 3.62. The van der Waals surface area contributed by atoms with Crippen LogP contribution >= 0.6 is 0 Å². The van der Waals surface area contributed by atoms with E-state index in [0.29, 0.717) is 5.75 Å². The second-order valence-corrected chi connectivity index (χ2v) is 4.96. The summed E-state index contributed by atoms with van der Waals surface area (Å²) in [7, 11) is 1.59. The Bertz CT molecular complexity index is 413. The van der Waals surface area contributed by atoms with E-state index in [1.807, 2.05) is 0 Å². The highest BCUT2D eigenvalue weighted by Gasteiger charge is 2.37. The van der Waals surface area contributed by atoms with Gasteiger partial charge in [0.05, 0.1) is 7.11 Å². The molecule has 1 aliphatic carbocycles. The van der Waals surface area contributed by atoms with Gasteiger partial charge in [-0.05, 0) is 49.3 Å². The predicted molar refractivity (Wildman–Crippen MR) is 66.8 cm³/mol. The minimum absolute atomic E-state index is 0.0184. The number of hydrogen-bond acceptors (Lipinski definition) is 2. The van der Waals surface area contributed by atoms with Crippen LogP contribution in [0.1, 0.15) is 37.3 Å². The van der Waals surface area contributed by atoms with E-state index in [9.17, 15) is 4.39 Å². The lowest BCUT2D eigenvalue weighted by Gasteiger charge is -2.15. The van der Waals surface area contributed by atoms with Gasteiger partial charge in [0.2, 0.25) is 0 Å². The van der Waals surface area contributed by atoms with E-state index in [4.69, 9.17) is 10.5 Å². The molecule has 1 fully saturated rings. The van der Waals surface area contributed by atoms with Crippen LogP contribution in [0.25, 0.3) is 0 Å². The van der Waals surface area contributed by atoms with Crippen LogP contribution in [0.15, 0.2) is 12.1 Å². The van der Waals surface area contributed by atoms with Crippen LogP contribution in [-0.4, -0.2) is 12.6 Å². The first-order valence-electron chi connectivity index (χ1n) is 6.22. The molecule has 3 heteroatoms. The highest BCUT2D eigenvalue weighted by Crippen LogP contribution is 2.37. The SMILES string of the molecule is CCc1c(CCC2(N)CC2)cc(F)cc1OC. The normalized spacial score (nSPS) is 16.9. The number of nitrogens with two attached hydrogens (primary N) is 1. The van der Waals surface area contributed by atoms with E-state index in [0.717, 1.165) is 43.2 Å². The summed E-state index contributed by atoms with van der Waals surface area (Å²) in [5.41, 5.74) is 8.24. The van der Waals surface area contributed by atoms with E-state index < -0.39 is 0 Å². The summed E-state index contributed by atoms with van der Waals surface area (Å²) < 4.78 is 18.7. The summed E-state index contributed by atoms with van der Waals surface area (Å²) in [6.45, 7) is 2.06. The third kappa shape index (κ3) is 2.78. The van der Waals surface area contributed by atoms with Crippen LogP contribution in [0.2, 0.25) is 0 Å². The Kier molecular flexibility index (Phi) is 3.38. The standard InChI is InChI=1S/C14H20FNO/c1-3-12-10(4-5-14(16)6-7-14)8-11(15)9-13(12)17-2/h8-9H,3-7,16H2,1-2H3. The Morgan fingerprint density at radius 2 is 2.12 bits per heavy atom. The zero-order chi connectivity index (χ0) is 12.5. The maximum atomic E-state index is 13.5. The lowest BCUT2D eigenvalue weighted by atomic mass is 9.97. The van der Waals surface area contributed by atoms with Crippen molar-refractivity contribution in [2.24, 2.45) is 5.73 Å². The van der Waals surface area contributed by atoms with Gasteiger partial charge in [0.25, 0.3) is 0 Å². The molecule has 0 aromatic heterocycles. The molecule has 2 rings (SSSR count). The molecule has 17 heavy (non-hydrogen) atoms. The number of hydrogen-bond donors (Lipinski definition) is 1. The highest BCUT2D eigenvalue weighted by molar-refractivity contribution is 5.41. The molecule has 0 heterocycles. The van der Waals surface area contributed by atoms with Crippen LogP contribution in [0.3, 0.4) is 0 Å². The van der Waals surface area contributed by atoms with Crippen molar-refractivity contribution in [2.45, 2.75) is 44.6 Å². The molecular weight excluding hydrogens is 217 g/mol. The van der Waals surface area contributed by atoms with Crippen molar-refractivity contribution in [2.75, 3.05) is 7.11 Å². The quantitative estimate of drug-likeness (QED) is 0.854. The molecule has 2 nitrogen and oxygen atoms in total. The Labute approximate surface area is 102 Å². The molecule has 0 radical (unpaired) electrons. The average Bonchev–Trinajstić information content (AvgIpc) is 3.04. The molecule has 0 aliphatic heterocycles. The highest BCUT2D eigenvalue weighted by atomic mass is 19.1. The molecule has 0 bridgehead atoms. The van der Waals surface area contributed by atoms with E-state index in [2.05, 4.69) is 6.92 Å². The van der Waals surface area contributed by atoms with Gasteiger partial charge in [-0.25, -0.2) is 4.39 Å². The van der Waals surface area contributed by atoms with Crippen molar-refractivity contribution in [3.8, 4) is 5.75 Å². The predicted octanol–water partition coefficient (Wildman–Crippen LogP) is 2.82. The summed E-state index contributed by atoms with van der Waals surface area (Å²) in [5.74, 6) is 0.431. The fourth-order valence-corrected chi connectivity index (χ4v) is 2.27. The molecule has 0 spiro atoms. The van der Waals surface area contributed by atoms with Crippen LogP contribution < -0.4 is 10.5 Å². The average molecular weight is 237 g/mol. The van der Waals surface area contributed by atoms with Crippen LogP contribution in [0.5, 0.6) is 5.75 Å². The molecule has 1 aromatic carbocycles. The lowest BCUT2D eigenvalue weighted by molar-refractivity contribution is 0.405. The van der Waals surface area contributed by atoms with E-state index in [1.54, 1.807) is 13.2 Å². The Balaban J connectivity index is 2.21. The van der Waals surface area contributed by atoms with Crippen LogP contribution in [-0.2, 0) is 12.8 Å². The summed E-state index contributed by atoms with van der Waals surface area (Å²) >= 11 is 0. The monoisotopic (exact) mass is 237 g/mol. The molecule has 1 aliphatic rings. The second kappa shape index (κ2) is 4.65. The van der Waals surface area contributed by atoms with Gasteiger partial charge >= 0.3 is 0 Å². The molecule has 1 aromatic rings. The van der Waals surface area contributed by atoms with Gasteiger partial charge in [-0.1, -0.05) is 6.92 Å². The molecule has 0 saturated heterocycles. The van der Waals surface area contributed by atoms with Gasteiger partial charge in [-0.2, -0.15) is 0 Å². The number of halogens is 1. The molecule has 94 valence electrons. The van der Waals surface area contributed by atoms with Crippen LogP contribution in [0, 0.1) is 5.82 Å². The molecule has 2 N–H and O–H groups in total. The molecule has 1 saturated carbocycles. The zero-order valence-electron chi connectivity index (χ0n) is 10.6. The topological polar surface area (TPSA) is 35.2 Å². The van der Waals surface area contributed by atoms with Crippen molar-refractivity contribution < 1.29 is 9.13 Å². The van der Waals surface area contributed by atoms with Gasteiger partial charge in [0, 0.05) is 11.6 Å². The minimum atomic E-state index is -0.226. The minimum Gasteiger partial charge on any atom is -0.496 e. The number of rotatable bonds is 5. The third-order valence-electron chi connectivity index (χ3n) is 3.62. The fourth-order valence-electron chi connectivity index (χ4n) is 2.27. The first-order chi connectivity index (χ1) is 8.08. The largest absolute Gasteiger partial charge is 0.496 e. The van der Waals surface area contributed by atoms with Crippen molar-refractivity contribution in [1.82, 2.24) is 0 Å². The Hall–Kier alpha value is -1.09. The van der Waals surface area contributed by atoms with Crippen molar-refractivity contribution in [1.29, 1.82) is 0 Å². The van der Waals surface area contributed by atoms with E-state index in [-0.39, 0.29) is 11.4 Å². The summed E-state index contributed by atoms with van der Waals surface area (Å²) in [4.78, 5) is 0. The first kappa shape index (κ1) is 12.4. The number of benzene rings is 1.